The van der Waals surface area contributed by atoms with Crippen molar-refractivity contribution in [1.29, 1.82) is 0 Å². The van der Waals surface area contributed by atoms with E-state index in [4.69, 9.17) is 14.0 Å². The summed E-state index contributed by atoms with van der Waals surface area (Å²) in [5, 5.41) is 2.91. The van der Waals surface area contributed by atoms with Crippen LogP contribution in [0.4, 0.5) is 0 Å². The molecule has 1 saturated carbocycles. The van der Waals surface area contributed by atoms with Crippen LogP contribution in [0.3, 0.4) is 0 Å². The van der Waals surface area contributed by atoms with Gasteiger partial charge in [-0.25, -0.2) is 16.7 Å². The van der Waals surface area contributed by atoms with Crippen LogP contribution in [0.2, 0.25) is 0 Å². The van der Waals surface area contributed by atoms with E-state index in [1.807, 2.05) is 12.1 Å². The Balaban J connectivity index is 0.00000972. The largest absolute Gasteiger partial charge is 1.00 e. The Labute approximate surface area is 329 Å². The van der Waals surface area contributed by atoms with Gasteiger partial charge in [0.1, 0.15) is 18.3 Å². The zero-order chi connectivity index (χ0) is 38.7. The third-order valence-corrected chi connectivity index (χ3v) is 9.48. The average molecular weight is 852 g/mol. The number of nitrogens with one attached hydrogen (secondary N) is 1. The molecule has 0 unspecified atom stereocenters. The zero-order valence-corrected chi connectivity index (χ0v) is 33.5. The van der Waals surface area contributed by atoms with Gasteiger partial charge >= 0.3 is 71.2 Å². The number of aryl methyl sites for hydroxylation is 1. The summed E-state index contributed by atoms with van der Waals surface area (Å²) >= 11 is 0. The third-order valence-electron chi connectivity index (χ3n) is 7.65. The van der Waals surface area contributed by atoms with Gasteiger partial charge in [-0.1, -0.05) is 49.6 Å². The van der Waals surface area contributed by atoms with E-state index in [0.717, 1.165) is 37.7 Å². The van der Waals surface area contributed by atoms with Crippen LogP contribution >= 0.6 is 0 Å². The Morgan fingerprint density at radius 1 is 0.792 bits per heavy atom. The van der Waals surface area contributed by atoms with E-state index in [-0.39, 0.29) is 61.5 Å². The topological polar surface area (TPSA) is 322 Å². The molecule has 5 N–H and O–H groups in total. The van der Waals surface area contributed by atoms with Gasteiger partial charge in [0.15, 0.2) is 12.4 Å². The van der Waals surface area contributed by atoms with E-state index in [9.17, 15) is 56.9 Å². The Kier molecular flexibility index (Phi) is 19.1. The van der Waals surface area contributed by atoms with E-state index >= 15 is 0 Å². The SMILES string of the molecule is O=C(CN(CCCO[C@H]1O[C@H](COS(=O)(=O)O)[C@@H](OS(=O)(=O)O)[C@H](OS(=O)(=O)O)[C@@H]1OS(=O)(=O)O)C(=O)CCc1ccccc1)NC1CCCCC1.[Na+]. The molecule has 2 fully saturated rings. The number of hydrogen-bond acceptors (Lipinski definition) is 16. The predicted octanol–water partition coefficient (Wildman–Crippen LogP) is -3.58. The molecule has 53 heavy (non-hydrogen) atoms. The molecule has 3 rings (SSSR count). The molecule has 1 saturated heterocycles. The summed E-state index contributed by atoms with van der Waals surface area (Å²) in [6.07, 6.45) is -7.75. The van der Waals surface area contributed by atoms with Crippen LogP contribution in [0.25, 0.3) is 0 Å². The summed E-state index contributed by atoms with van der Waals surface area (Å²) in [6, 6.07) is 8.96. The fourth-order valence-corrected chi connectivity index (χ4v) is 7.35. The van der Waals surface area contributed by atoms with Gasteiger partial charge in [0, 0.05) is 19.0 Å². The summed E-state index contributed by atoms with van der Waals surface area (Å²) in [4.78, 5) is 27.4. The van der Waals surface area contributed by atoms with Gasteiger partial charge in [0.25, 0.3) is 0 Å². The maximum atomic E-state index is 13.3. The quantitative estimate of drug-likeness (QED) is 0.0481. The monoisotopic (exact) mass is 851 g/mol. The number of nitrogens with zero attached hydrogens (tertiary/aromatic N) is 1. The van der Waals surface area contributed by atoms with Gasteiger partial charge in [-0.2, -0.15) is 33.7 Å². The average Bonchev–Trinajstić information content (AvgIpc) is 3.01. The Hall–Kier alpha value is -1.44. The molecule has 1 aromatic carbocycles. The van der Waals surface area contributed by atoms with Crippen LogP contribution in [-0.2, 0) is 83.8 Å². The van der Waals surface area contributed by atoms with E-state index in [1.165, 1.54) is 4.90 Å². The first-order valence-corrected chi connectivity index (χ1v) is 21.0. The Morgan fingerprint density at radius 2 is 1.36 bits per heavy atom. The van der Waals surface area contributed by atoms with Gasteiger partial charge in [0.2, 0.25) is 11.8 Å². The fraction of sp³-hybridized carbons (Fsp3) is 0.692. The van der Waals surface area contributed by atoms with Crippen molar-refractivity contribution < 1.29 is 117 Å². The molecule has 0 radical (unpaired) electrons. The van der Waals surface area contributed by atoms with Crippen LogP contribution in [0.1, 0.15) is 50.5 Å². The second-order valence-corrected chi connectivity index (χ2v) is 15.9. The minimum absolute atomic E-state index is 0. The third kappa shape index (κ3) is 18.8. The number of carbonyl (C=O) groups excluding carboxylic acids is 2. The standard InChI is InChI=1S/C26H40N2O20S4.Na/c29-21(27-19-10-5-2-6-11-19)16-28(22(30)13-12-18-8-3-1-4-9-18)14-7-15-43-26-25(48-52(40,41)42)24(47-51(37,38)39)23(46-50(34,35)36)20(45-26)17-44-49(31,32)33;/h1,3-4,8-9,19-20,23-26H,2,5-7,10-17H2,(H,27,29)(H,31,32,33)(H,34,35,36)(H,37,38,39)(H,40,41,42);/q;+1/t20-,23-,24+,25+,26+;/m1./s1. The van der Waals surface area contributed by atoms with E-state index < -0.39 is 97.3 Å². The number of ether oxygens (including phenoxy) is 2. The molecule has 1 aliphatic heterocycles. The molecule has 22 nitrogen and oxygen atoms in total. The normalized spacial score (nSPS) is 23.1. The molecular formula is C26H40N2NaO20S4+. The Bertz CT molecular complexity index is 1780. The Morgan fingerprint density at radius 3 is 1.92 bits per heavy atom. The second-order valence-electron chi connectivity index (χ2n) is 11.6. The van der Waals surface area contributed by atoms with Gasteiger partial charge in [-0.3, -0.25) is 27.8 Å². The van der Waals surface area contributed by atoms with Crippen molar-refractivity contribution in [1.82, 2.24) is 10.2 Å². The second kappa shape index (κ2) is 21.2. The minimum atomic E-state index is -5.70. The summed E-state index contributed by atoms with van der Waals surface area (Å²) in [7, 11) is -22.3. The molecule has 27 heteroatoms. The van der Waals surface area contributed by atoms with Crippen molar-refractivity contribution in [3.05, 3.63) is 35.9 Å². The maximum Gasteiger partial charge on any atom is 1.00 e. The van der Waals surface area contributed by atoms with Crippen LogP contribution in [0, 0.1) is 0 Å². The van der Waals surface area contributed by atoms with E-state index in [2.05, 4.69) is 22.0 Å². The number of amides is 2. The van der Waals surface area contributed by atoms with E-state index in [1.54, 1.807) is 18.2 Å². The van der Waals surface area contributed by atoms with Crippen molar-refractivity contribution in [2.75, 3.05) is 26.3 Å². The molecule has 0 spiro atoms. The molecule has 2 amide bonds. The molecule has 2 aliphatic rings. The van der Waals surface area contributed by atoms with Gasteiger partial charge in [-0.05, 0) is 31.2 Å². The minimum Gasteiger partial charge on any atom is -0.352 e. The molecule has 5 atom stereocenters. The van der Waals surface area contributed by atoms with Crippen molar-refractivity contribution in [2.24, 2.45) is 0 Å². The molecule has 1 aliphatic carbocycles. The van der Waals surface area contributed by atoms with E-state index in [0.29, 0.717) is 6.42 Å². The van der Waals surface area contributed by atoms with Gasteiger partial charge in [-0.15, -0.1) is 0 Å². The molecule has 1 aromatic rings. The molecule has 0 bridgehead atoms. The first kappa shape index (κ1) is 47.7. The fourth-order valence-electron chi connectivity index (χ4n) is 5.54. The van der Waals surface area contributed by atoms with Crippen LogP contribution in [0.5, 0.6) is 0 Å². The van der Waals surface area contributed by atoms with Crippen molar-refractivity contribution in [3.8, 4) is 0 Å². The van der Waals surface area contributed by atoms with Crippen molar-refractivity contribution >= 4 is 53.4 Å². The predicted molar refractivity (Wildman–Crippen MR) is 172 cm³/mol. The molecule has 0 aromatic heterocycles. The summed E-state index contributed by atoms with van der Waals surface area (Å²) in [5.41, 5.74) is 0.857. The number of rotatable bonds is 20. The molecule has 298 valence electrons. The number of hydrogen-bond donors (Lipinski definition) is 5. The maximum absolute atomic E-state index is 13.3. The summed E-state index contributed by atoms with van der Waals surface area (Å²) in [5.74, 6) is -0.840. The van der Waals surface area contributed by atoms with Gasteiger partial charge in [0.05, 0.1) is 19.8 Å². The van der Waals surface area contributed by atoms with Gasteiger partial charge < -0.3 is 19.7 Å². The summed E-state index contributed by atoms with van der Waals surface area (Å²) in [6.45, 7) is -2.47. The summed E-state index contributed by atoms with van der Waals surface area (Å²) < 4.78 is 157. The zero-order valence-electron chi connectivity index (χ0n) is 28.2. The van der Waals surface area contributed by atoms with Crippen LogP contribution in [0.15, 0.2) is 30.3 Å². The van der Waals surface area contributed by atoms with Crippen LogP contribution in [-0.4, -0.2) is 132 Å². The first-order valence-electron chi connectivity index (χ1n) is 15.6. The number of carbonyl (C=O) groups is 2. The molecular weight excluding hydrogens is 812 g/mol. The van der Waals surface area contributed by atoms with Crippen molar-refractivity contribution in [3.63, 3.8) is 0 Å². The van der Waals surface area contributed by atoms with Crippen molar-refractivity contribution in [2.45, 2.75) is 88.1 Å². The smallest absolute Gasteiger partial charge is 0.352 e. The number of benzene rings is 1. The molecule has 1 heterocycles. The van der Waals surface area contributed by atoms with Crippen LogP contribution < -0.4 is 34.9 Å². The first-order chi connectivity index (χ1) is 24.1.